The van der Waals surface area contributed by atoms with Gasteiger partial charge in [0.15, 0.2) is 0 Å². The van der Waals surface area contributed by atoms with E-state index in [-0.39, 0.29) is 24.6 Å². The first-order valence-corrected chi connectivity index (χ1v) is 8.11. The van der Waals surface area contributed by atoms with Gasteiger partial charge < -0.3 is 10.2 Å². The highest BCUT2D eigenvalue weighted by Crippen LogP contribution is 2.31. The van der Waals surface area contributed by atoms with Crippen molar-refractivity contribution in [2.45, 2.75) is 6.42 Å². The number of anilines is 2. The van der Waals surface area contributed by atoms with Crippen LogP contribution in [0.2, 0.25) is 10.0 Å². The molecule has 1 atom stereocenters. The average molecular weight is 385 g/mol. The molecule has 4 nitrogen and oxygen atoms in total. The molecule has 1 aliphatic rings. The van der Waals surface area contributed by atoms with E-state index in [1.807, 2.05) is 0 Å². The van der Waals surface area contributed by atoms with Gasteiger partial charge in [-0.1, -0.05) is 23.2 Å². The van der Waals surface area contributed by atoms with Gasteiger partial charge in [0.25, 0.3) is 0 Å². The van der Waals surface area contributed by atoms with E-state index >= 15 is 0 Å². The molecule has 1 aliphatic heterocycles. The van der Waals surface area contributed by atoms with Crippen molar-refractivity contribution in [2.24, 2.45) is 5.92 Å². The third kappa shape index (κ3) is 3.91. The summed E-state index contributed by atoms with van der Waals surface area (Å²) in [6.07, 6.45) is -0.0290. The maximum atomic E-state index is 13.6. The van der Waals surface area contributed by atoms with E-state index in [4.69, 9.17) is 23.2 Å². The summed E-state index contributed by atoms with van der Waals surface area (Å²) >= 11 is 11.9. The zero-order valence-electron chi connectivity index (χ0n) is 12.7. The van der Waals surface area contributed by atoms with Gasteiger partial charge in [-0.05, 0) is 30.3 Å². The number of nitrogens with zero attached hydrogens (tertiary/aromatic N) is 1. The minimum absolute atomic E-state index is 0.0290. The van der Waals surface area contributed by atoms with Crippen molar-refractivity contribution in [2.75, 3.05) is 16.8 Å². The summed E-state index contributed by atoms with van der Waals surface area (Å²) in [6, 6.07) is 7.54. The molecular weight excluding hydrogens is 373 g/mol. The SMILES string of the molecule is O=C(Nc1ccc(F)cc1F)C1CC(=O)N(c2cc(Cl)cc(Cl)c2)C1. The van der Waals surface area contributed by atoms with Gasteiger partial charge in [-0.15, -0.1) is 0 Å². The van der Waals surface area contributed by atoms with Crippen LogP contribution in [-0.2, 0) is 9.59 Å². The van der Waals surface area contributed by atoms with Crippen LogP contribution in [0.5, 0.6) is 0 Å². The lowest BCUT2D eigenvalue weighted by Gasteiger charge is -2.17. The highest BCUT2D eigenvalue weighted by atomic mass is 35.5. The van der Waals surface area contributed by atoms with E-state index in [0.29, 0.717) is 21.8 Å². The fourth-order valence-electron chi connectivity index (χ4n) is 2.65. The number of amides is 2. The molecule has 0 spiro atoms. The second-order valence-corrected chi connectivity index (χ2v) is 6.52. The fourth-order valence-corrected chi connectivity index (χ4v) is 3.17. The molecule has 8 heteroatoms. The van der Waals surface area contributed by atoms with Crippen LogP contribution in [0.4, 0.5) is 20.2 Å². The van der Waals surface area contributed by atoms with E-state index in [1.54, 1.807) is 12.1 Å². The van der Waals surface area contributed by atoms with Crippen LogP contribution in [0.25, 0.3) is 0 Å². The van der Waals surface area contributed by atoms with Gasteiger partial charge in [0.2, 0.25) is 11.8 Å². The van der Waals surface area contributed by atoms with Crippen LogP contribution in [0, 0.1) is 17.6 Å². The van der Waals surface area contributed by atoms with Crippen molar-refractivity contribution in [3.8, 4) is 0 Å². The summed E-state index contributed by atoms with van der Waals surface area (Å²) in [5.74, 6) is -3.08. The molecule has 1 unspecified atom stereocenters. The second-order valence-electron chi connectivity index (χ2n) is 5.65. The lowest BCUT2D eigenvalue weighted by Crippen LogP contribution is -2.28. The number of benzene rings is 2. The Morgan fingerprint density at radius 3 is 2.44 bits per heavy atom. The fraction of sp³-hybridized carbons (Fsp3) is 0.176. The van der Waals surface area contributed by atoms with Gasteiger partial charge in [0, 0.05) is 34.8 Å². The monoisotopic (exact) mass is 384 g/mol. The molecule has 0 bridgehead atoms. The summed E-state index contributed by atoms with van der Waals surface area (Å²) in [5, 5.41) is 3.13. The lowest BCUT2D eigenvalue weighted by molar-refractivity contribution is -0.122. The molecule has 130 valence electrons. The van der Waals surface area contributed by atoms with E-state index in [1.165, 1.54) is 11.0 Å². The summed E-state index contributed by atoms with van der Waals surface area (Å²) < 4.78 is 26.6. The van der Waals surface area contributed by atoms with E-state index < -0.39 is 23.5 Å². The van der Waals surface area contributed by atoms with E-state index in [9.17, 15) is 18.4 Å². The van der Waals surface area contributed by atoms with Crippen LogP contribution in [0.1, 0.15) is 6.42 Å². The Morgan fingerprint density at radius 2 is 1.80 bits per heavy atom. The first kappa shape index (κ1) is 17.6. The Kier molecular flexibility index (Phi) is 4.92. The third-order valence-electron chi connectivity index (χ3n) is 3.84. The zero-order chi connectivity index (χ0) is 18.1. The minimum Gasteiger partial charge on any atom is -0.323 e. The van der Waals surface area contributed by atoms with Crippen LogP contribution >= 0.6 is 23.2 Å². The topological polar surface area (TPSA) is 49.4 Å². The molecule has 0 saturated carbocycles. The van der Waals surface area contributed by atoms with Crippen molar-refractivity contribution >= 4 is 46.4 Å². The molecule has 25 heavy (non-hydrogen) atoms. The van der Waals surface area contributed by atoms with Crippen LogP contribution < -0.4 is 10.2 Å². The van der Waals surface area contributed by atoms with Gasteiger partial charge in [-0.3, -0.25) is 9.59 Å². The Balaban J connectivity index is 1.74. The number of rotatable bonds is 3. The number of nitrogens with one attached hydrogen (secondary N) is 1. The Morgan fingerprint density at radius 1 is 1.12 bits per heavy atom. The van der Waals surface area contributed by atoms with Gasteiger partial charge >= 0.3 is 0 Å². The first-order chi connectivity index (χ1) is 11.8. The van der Waals surface area contributed by atoms with Gasteiger partial charge in [-0.2, -0.15) is 0 Å². The van der Waals surface area contributed by atoms with E-state index in [2.05, 4.69) is 5.32 Å². The van der Waals surface area contributed by atoms with E-state index in [0.717, 1.165) is 12.1 Å². The molecule has 3 rings (SSSR count). The molecule has 1 saturated heterocycles. The Bertz CT molecular complexity index is 840. The number of carbonyl (C=O) groups is 2. The van der Waals surface area contributed by atoms with Crippen molar-refractivity contribution < 1.29 is 18.4 Å². The largest absolute Gasteiger partial charge is 0.323 e. The first-order valence-electron chi connectivity index (χ1n) is 7.36. The predicted molar refractivity (Wildman–Crippen MR) is 91.9 cm³/mol. The molecule has 1 fully saturated rings. The Hall–Kier alpha value is -2.18. The molecule has 2 aromatic carbocycles. The summed E-state index contributed by atoms with van der Waals surface area (Å²) in [6.45, 7) is 0.115. The molecule has 0 aliphatic carbocycles. The quantitative estimate of drug-likeness (QED) is 0.858. The predicted octanol–water partition coefficient (Wildman–Crippen LogP) is 4.26. The van der Waals surface area contributed by atoms with Crippen molar-refractivity contribution in [3.05, 3.63) is 58.1 Å². The number of carbonyl (C=O) groups excluding carboxylic acids is 2. The van der Waals surface area contributed by atoms with Crippen LogP contribution in [-0.4, -0.2) is 18.4 Å². The van der Waals surface area contributed by atoms with Gasteiger partial charge in [0.05, 0.1) is 11.6 Å². The number of halogens is 4. The molecule has 2 aromatic rings. The summed E-state index contributed by atoms with van der Waals surface area (Å²) in [4.78, 5) is 25.9. The molecular formula is C17H12Cl2F2N2O2. The normalized spacial score (nSPS) is 17.0. The highest BCUT2D eigenvalue weighted by Gasteiger charge is 2.35. The maximum absolute atomic E-state index is 13.6. The van der Waals surface area contributed by atoms with Crippen molar-refractivity contribution in [3.63, 3.8) is 0 Å². The number of hydrogen-bond acceptors (Lipinski definition) is 2. The van der Waals surface area contributed by atoms with Crippen molar-refractivity contribution in [1.29, 1.82) is 0 Å². The number of hydrogen-bond donors (Lipinski definition) is 1. The molecule has 2 amide bonds. The third-order valence-corrected chi connectivity index (χ3v) is 4.28. The second kappa shape index (κ2) is 6.98. The van der Waals surface area contributed by atoms with Gasteiger partial charge in [-0.25, -0.2) is 8.78 Å². The average Bonchev–Trinajstić information content (AvgIpc) is 2.91. The zero-order valence-corrected chi connectivity index (χ0v) is 14.2. The van der Waals surface area contributed by atoms with Crippen LogP contribution in [0.3, 0.4) is 0 Å². The Labute approximate surface area is 152 Å². The highest BCUT2D eigenvalue weighted by molar-refractivity contribution is 6.35. The molecule has 1 N–H and O–H groups in total. The standard InChI is InChI=1S/C17H12Cl2F2N2O2/c18-10-4-11(19)6-13(5-10)23-8-9(3-16(23)24)17(25)22-15-2-1-12(20)7-14(15)21/h1-2,4-7,9H,3,8H2,(H,22,25). The smallest absolute Gasteiger partial charge is 0.229 e. The molecule has 0 radical (unpaired) electrons. The summed E-state index contributed by atoms with van der Waals surface area (Å²) in [7, 11) is 0. The maximum Gasteiger partial charge on any atom is 0.229 e. The molecule has 0 aromatic heterocycles. The van der Waals surface area contributed by atoms with Gasteiger partial charge in [0.1, 0.15) is 11.6 Å². The lowest BCUT2D eigenvalue weighted by atomic mass is 10.1. The summed E-state index contributed by atoms with van der Waals surface area (Å²) in [5.41, 5.74) is 0.355. The molecule has 1 heterocycles. The van der Waals surface area contributed by atoms with Crippen LogP contribution in [0.15, 0.2) is 36.4 Å². The minimum atomic E-state index is -0.879. The van der Waals surface area contributed by atoms with Crippen molar-refractivity contribution in [1.82, 2.24) is 0 Å².